The molecule has 8 heteroatoms. The molecule has 0 radical (unpaired) electrons. The lowest BCUT2D eigenvalue weighted by molar-refractivity contribution is 0.601. The molecule has 0 aliphatic heterocycles. The lowest BCUT2D eigenvalue weighted by atomic mass is 10.2. The van der Waals surface area contributed by atoms with E-state index >= 15 is 0 Å². The molecular formula is C13H12ClN3O2S2. The first kappa shape index (κ1) is 15.6. The molecule has 0 bridgehead atoms. The molecule has 0 aliphatic carbocycles. The van der Waals surface area contributed by atoms with Gasteiger partial charge < -0.3 is 5.73 Å². The molecule has 1 aromatic heterocycles. The van der Waals surface area contributed by atoms with E-state index in [4.69, 9.17) is 22.6 Å². The Bertz CT molecular complexity index is 851. The Morgan fingerprint density at radius 2 is 2.05 bits per heavy atom. The van der Waals surface area contributed by atoms with Gasteiger partial charge in [0.05, 0.1) is 11.3 Å². The molecule has 0 atom stereocenters. The Labute approximate surface area is 132 Å². The monoisotopic (exact) mass is 341 g/mol. The van der Waals surface area contributed by atoms with Crippen LogP contribution in [0.1, 0.15) is 16.0 Å². The van der Waals surface area contributed by atoms with Gasteiger partial charge in [-0.05, 0) is 37.6 Å². The molecule has 0 fully saturated rings. The highest BCUT2D eigenvalue weighted by Crippen LogP contribution is 2.34. The average Bonchev–Trinajstić information content (AvgIpc) is 2.63. The minimum absolute atomic E-state index is 0.0542. The van der Waals surface area contributed by atoms with Gasteiger partial charge in [-0.1, -0.05) is 11.6 Å². The minimum atomic E-state index is -3.87. The van der Waals surface area contributed by atoms with Gasteiger partial charge in [-0.15, -0.1) is 11.3 Å². The Morgan fingerprint density at radius 1 is 1.38 bits per heavy atom. The number of nitrogen functional groups attached to an aromatic ring is 1. The molecule has 0 saturated carbocycles. The van der Waals surface area contributed by atoms with E-state index in [1.165, 1.54) is 29.5 Å². The van der Waals surface area contributed by atoms with Crippen molar-refractivity contribution in [1.29, 1.82) is 5.26 Å². The Balaban J connectivity index is 2.48. The van der Waals surface area contributed by atoms with Gasteiger partial charge in [0, 0.05) is 9.90 Å². The second-order valence-corrected chi connectivity index (χ2v) is 7.70. The van der Waals surface area contributed by atoms with Gasteiger partial charge in [0.25, 0.3) is 10.0 Å². The van der Waals surface area contributed by atoms with Gasteiger partial charge in [0.2, 0.25) is 0 Å². The number of thiophene rings is 1. The fourth-order valence-corrected chi connectivity index (χ4v) is 4.39. The van der Waals surface area contributed by atoms with Crippen molar-refractivity contribution in [1.82, 2.24) is 0 Å². The summed E-state index contributed by atoms with van der Waals surface area (Å²) >= 11 is 6.98. The molecule has 1 heterocycles. The smallest absolute Gasteiger partial charge is 0.264 e. The molecule has 110 valence electrons. The van der Waals surface area contributed by atoms with Crippen molar-refractivity contribution in [2.45, 2.75) is 18.7 Å². The Kier molecular flexibility index (Phi) is 4.14. The van der Waals surface area contributed by atoms with Crippen LogP contribution in [0.25, 0.3) is 0 Å². The van der Waals surface area contributed by atoms with Crippen LogP contribution in [0.15, 0.2) is 23.1 Å². The summed E-state index contributed by atoms with van der Waals surface area (Å²) in [5, 5.41) is 9.80. The van der Waals surface area contributed by atoms with E-state index in [1.54, 1.807) is 6.92 Å². The number of hydrogen-bond acceptors (Lipinski definition) is 5. The number of nitrogens with zero attached hydrogens (tertiary/aromatic N) is 1. The zero-order valence-corrected chi connectivity index (χ0v) is 13.7. The zero-order valence-electron chi connectivity index (χ0n) is 11.3. The third-order valence-corrected chi connectivity index (χ3v) is 5.90. The predicted molar refractivity (Wildman–Crippen MR) is 85.2 cm³/mol. The molecule has 3 N–H and O–H groups in total. The maximum Gasteiger partial charge on any atom is 0.264 e. The fraction of sp³-hybridized carbons (Fsp3) is 0.154. The van der Waals surface area contributed by atoms with Crippen LogP contribution in [0.5, 0.6) is 0 Å². The lowest BCUT2D eigenvalue weighted by Crippen LogP contribution is -2.14. The van der Waals surface area contributed by atoms with Gasteiger partial charge >= 0.3 is 0 Å². The molecule has 0 saturated heterocycles. The molecule has 0 unspecified atom stereocenters. The minimum Gasteiger partial charge on any atom is -0.398 e. The van der Waals surface area contributed by atoms with Gasteiger partial charge in [-0.2, -0.15) is 5.26 Å². The number of aryl methyl sites for hydroxylation is 1. The highest BCUT2D eigenvalue weighted by atomic mass is 35.5. The quantitative estimate of drug-likeness (QED) is 0.837. The summed E-state index contributed by atoms with van der Waals surface area (Å²) in [5.41, 5.74) is 6.85. The maximum absolute atomic E-state index is 12.4. The van der Waals surface area contributed by atoms with E-state index < -0.39 is 10.0 Å². The number of hydrogen-bond donors (Lipinski definition) is 2. The van der Waals surface area contributed by atoms with Gasteiger partial charge in [-0.25, -0.2) is 8.42 Å². The first-order valence-electron chi connectivity index (χ1n) is 5.84. The molecule has 21 heavy (non-hydrogen) atoms. The summed E-state index contributed by atoms with van der Waals surface area (Å²) in [7, 11) is -3.87. The summed E-state index contributed by atoms with van der Waals surface area (Å²) < 4.78 is 27.2. The van der Waals surface area contributed by atoms with Crippen molar-refractivity contribution in [2.75, 3.05) is 10.5 Å². The topological polar surface area (TPSA) is 96.0 Å². The van der Waals surface area contributed by atoms with Crippen LogP contribution in [0.3, 0.4) is 0 Å². The average molecular weight is 342 g/mol. The first-order chi connectivity index (χ1) is 9.76. The highest BCUT2D eigenvalue weighted by molar-refractivity contribution is 7.93. The van der Waals surface area contributed by atoms with Crippen LogP contribution in [0.2, 0.25) is 5.02 Å². The molecule has 0 amide bonds. The summed E-state index contributed by atoms with van der Waals surface area (Å²) in [6.07, 6.45) is 0. The number of sulfonamides is 1. The summed E-state index contributed by atoms with van der Waals surface area (Å²) in [5.74, 6) is 0. The van der Waals surface area contributed by atoms with E-state index in [0.717, 1.165) is 10.4 Å². The molecule has 0 spiro atoms. The van der Waals surface area contributed by atoms with Crippen LogP contribution in [-0.2, 0) is 10.0 Å². The van der Waals surface area contributed by atoms with Gasteiger partial charge in [-0.3, -0.25) is 4.72 Å². The van der Waals surface area contributed by atoms with Crippen molar-refractivity contribution in [3.05, 3.63) is 39.2 Å². The Hall–Kier alpha value is -1.75. The van der Waals surface area contributed by atoms with Crippen molar-refractivity contribution in [3.63, 3.8) is 0 Å². The van der Waals surface area contributed by atoms with Gasteiger partial charge in [0.15, 0.2) is 0 Å². The number of nitrogens with two attached hydrogens (primary N) is 1. The SMILES string of the molecule is Cc1sc(NS(=O)(=O)c2ccc(Cl)cc2N)c(C#N)c1C. The van der Waals surface area contributed by atoms with E-state index in [9.17, 15) is 8.42 Å². The third-order valence-electron chi connectivity index (χ3n) is 2.99. The van der Waals surface area contributed by atoms with E-state index in [-0.39, 0.29) is 10.6 Å². The molecule has 1 aromatic carbocycles. The number of nitriles is 1. The summed E-state index contributed by atoms with van der Waals surface area (Å²) in [6, 6.07) is 6.16. The maximum atomic E-state index is 12.4. The van der Waals surface area contributed by atoms with Gasteiger partial charge in [0.1, 0.15) is 16.0 Å². The molecule has 0 aliphatic rings. The fourth-order valence-electron chi connectivity index (χ4n) is 1.77. The van der Waals surface area contributed by atoms with Crippen LogP contribution < -0.4 is 10.5 Å². The van der Waals surface area contributed by atoms with E-state index in [1.807, 2.05) is 13.0 Å². The number of rotatable bonds is 3. The second kappa shape index (κ2) is 5.56. The molecule has 2 aromatic rings. The molecule has 5 nitrogen and oxygen atoms in total. The standard InChI is InChI=1S/C13H12ClN3O2S2/c1-7-8(2)20-13(10(7)6-15)17-21(18,19)12-4-3-9(14)5-11(12)16/h3-5,17H,16H2,1-2H3. The summed E-state index contributed by atoms with van der Waals surface area (Å²) in [6.45, 7) is 3.61. The Morgan fingerprint density at radius 3 is 2.62 bits per heavy atom. The van der Waals surface area contributed by atoms with Crippen molar-refractivity contribution >= 4 is 43.6 Å². The predicted octanol–water partition coefficient (Wildman–Crippen LogP) is 3.27. The van der Waals surface area contributed by atoms with E-state index in [0.29, 0.717) is 15.6 Å². The van der Waals surface area contributed by atoms with Crippen molar-refractivity contribution < 1.29 is 8.42 Å². The number of nitrogens with one attached hydrogen (secondary N) is 1. The highest BCUT2D eigenvalue weighted by Gasteiger charge is 2.22. The molecule has 2 rings (SSSR count). The van der Waals surface area contributed by atoms with E-state index in [2.05, 4.69) is 4.72 Å². The second-order valence-electron chi connectivity index (χ2n) is 4.39. The number of halogens is 1. The van der Waals surface area contributed by atoms with Crippen molar-refractivity contribution in [2.24, 2.45) is 0 Å². The largest absolute Gasteiger partial charge is 0.398 e. The summed E-state index contributed by atoms with van der Waals surface area (Å²) in [4.78, 5) is 0.813. The van der Waals surface area contributed by atoms with Crippen LogP contribution >= 0.6 is 22.9 Å². The van der Waals surface area contributed by atoms with Crippen molar-refractivity contribution in [3.8, 4) is 6.07 Å². The van der Waals surface area contributed by atoms with Crippen LogP contribution in [0.4, 0.5) is 10.7 Å². The zero-order chi connectivity index (χ0) is 15.8. The third kappa shape index (κ3) is 2.97. The number of anilines is 2. The normalized spacial score (nSPS) is 11.1. The van der Waals surface area contributed by atoms with Crippen LogP contribution in [-0.4, -0.2) is 8.42 Å². The number of benzene rings is 1. The van der Waals surface area contributed by atoms with Crippen LogP contribution in [0, 0.1) is 25.2 Å². The lowest BCUT2D eigenvalue weighted by Gasteiger charge is -2.09. The molecular weight excluding hydrogens is 330 g/mol. The first-order valence-corrected chi connectivity index (χ1v) is 8.52.